The normalized spacial score (nSPS) is 10.9. The molecule has 4 nitrogen and oxygen atoms in total. The molecule has 0 saturated heterocycles. The van der Waals surface area contributed by atoms with Gasteiger partial charge in [0.25, 0.3) is 0 Å². The fourth-order valence-corrected chi connectivity index (χ4v) is 1.31. The highest BCUT2D eigenvalue weighted by molar-refractivity contribution is 5.78. The topological polar surface area (TPSA) is 57.6 Å². The van der Waals surface area contributed by atoms with Crippen LogP contribution in [-0.4, -0.2) is 35.5 Å². The lowest BCUT2D eigenvalue weighted by molar-refractivity contribution is -0.140. The Morgan fingerprint density at radius 2 is 1.93 bits per heavy atom. The van der Waals surface area contributed by atoms with Crippen molar-refractivity contribution in [2.75, 3.05) is 13.6 Å². The van der Waals surface area contributed by atoms with E-state index in [9.17, 15) is 9.59 Å². The average Bonchev–Trinajstić information content (AvgIpc) is 2.00. The SMILES string of the molecule is C=CCN(C)C(=O)CC(C)(C)CC(=O)O. The first kappa shape index (κ1) is 13.7. The second-order valence-electron chi connectivity index (χ2n) is 4.47. The third-order valence-electron chi connectivity index (χ3n) is 2.09. The van der Waals surface area contributed by atoms with E-state index in [0.717, 1.165) is 0 Å². The van der Waals surface area contributed by atoms with Gasteiger partial charge >= 0.3 is 5.97 Å². The molecule has 0 aromatic heterocycles. The number of carboxylic acid groups (broad SMARTS) is 1. The summed E-state index contributed by atoms with van der Waals surface area (Å²) in [7, 11) is 1.68. The predicted molar refractivity (Wildman–Crippen MR) is 58.5 cm³/mol. The molecule has 0 rings (SSSR count). The molecule has 86 valence electrons. The second kappa shape index (κ2) is 5.53. The Balaban J connectivity index is 4.25. The molecule has 0 radical (unpaired) electrons. The molecule has 0 fully saturated rings. The number of nitrogens with zero attached hydrogens (tertiary/aromatic N) is 1. The van der Waals surface area contributed by atoms with Crippen LogP contribution in [0.15, 0.2) is 12.7 Å². The molecule has 0 bridgehead atoms. The Morgan fingerprint density at radius 1 is 1.40 bits per heavy atom. The zero-order chi connectivity index (χ0) is 12.1. The first-order valence-corrected chi connectivity index (χ1v) is 4.85. The van der Waals surface area contributed by atoms with Gasteiger partial charge in [-0.15, -0.1) is 6.58 Å². The summed E-state index contributed by atoms with van der Waals surface area (Å²) in [5.74, 6) is -0.930. The molecular formula is C11H19NO3. The number of carbonyl (C=O) groups excluding carboxylic acids is 1. The van der Waals surface area contributed by atoms with Crippen molar-refractivity contribution in [3.63, 3.8) is 0 Å². The third-order valence-corrected chi connectivity index (χ3v) is 2.09. The fourth-order valence-electron chi connectivity index (χ4n) is 1.31. The van der Waals surface area contributed by atoms with Crippen LogP contribution in [0.25, 0.3) is 0 Å². The van der Waals surface area contributed by atoms with Gasteiger partial charge in [0, 0.05) is 20.0 Å². The van der Waals surface area contributed by atoms with Crippen molar-refractivity contribution < 1.29 is 14.7 Å². The highest BCUT2D eigenvalue weighted by Gasteiger charge is 2.26. The summed E-state index contributed by atoms with van der Waals surface area (Å²) in [4.78, 5) is 23.7. The van der Waals surface area contributed by atoms with E-state index < -0.39 is 11.4 Å². The molecule has 4 heteroatoms. The summed E-state index contributed by atoms with van der Waals surface area (Å²) in [5, 5.41) is 8.66. The maximum Gasteiger partial charge on any atom is 0.303 e. The van der Waals surface area contributed by atoms with Crippen molar-refractivity contribution in [3.8, 4) is 0 Å². The fraction of sp³-hybridized carbons (Fsp3) is 0.636. The van der Waals surface area contributed by atoms with Gasteiger partial charge in [0.05, 0.1) is 6.42 Å². The summed E-state index contributed by atoms with van der Waals surface area (Å²) in [6.45, 7) is 7.59. The van der Waals surface area contributed by atoms with Crippen molar-refractivity contribution >= 4 is 11.9 Å². The maximum absolute atomic E-state index is 11.6. The second-order valence-corrected chi connectivity index (χ2v) is 4.47. The van der Waals surface area contributed by atoms with Gasteiger partial charge in [-0.2, -0.15) is 0 Å². The summed E-state index contributed by atoms with van der Waals surface area (Å²) in [6, 6.07) is 0. The van der Waals surface area contributed by atoms with E-state index in [-0.39, 0.29) is 18.7 Å². The molecule has 0 aromatic carbocycles. The van der Waals surface area contributed by atoms with Gasteiger partial charge in [-0.3, -0.25) is 9.59 Å². The van der Waals surface area contributed by atoms with Crippen molar-refractivity contribution in [1.29, 1.82) is 0 Å². The van der Waals surface area contributed by atoms with Crippen molar-refractivity contribution in [2.24, 2.45) is 5.41 Å². The number of carboxylic acids is 1. The average molecular weight is 213 g/mol. The molecule has 0 aliphatic carbocycles. The van der Waals surface area contributed by atoms with Crippen molar-refractivity contribution in [3.05, 3.63) is 12.7 Å². The van der Waals surface area contributed by atoms with Crippen LogP contribution in [0.3, 0.4) is 0 Å². The lowest BCUT2D eigenvalue weighted by atomic mass is 9.85. The smallest absolute Gasteiger partial charge is 0.303 e. The zero-order valence-corrected chi connectivity index (χ0v) is 9.62. The van der Waals surface area contributed by atoms with E-state index in [2.05, 4.69) is 6.58 Å². The van der Waals surface area contributed by atoms with Crippen molar-refractivity contribution in [1.82, 2.24) is 4.90 Å². The first-order chi connectivity index (χ1) is 6.78. The monoisotopic (exact) mass is 213 g/mol. The van der Waals surface area contributed by atoms with Crippen LogP contribution in [0.1, 0.15) is 26.7 Å². The quantitative estimate of drug-likeness (QED) is 0.680. The lowest BCUT2D eigenvalue weighted by Crippen LogP contribution is -2.32. The number of hydrogen-bond acceptors (Lipinski definition) is 2. The Bertz CT molecular complexity index is 259. The molecule has 0 atom stereocenters. The minimum Gasteiger partial charge on any atom is -0.481 e. The minimum absolute atomic E-state index is 0.000664. The Morgan fingerprint density at radius 3 is 2.33 bits per heavy atom. The number of rotatable bonds is 6. The summed E-state index contributed by atoms with van der Waals surface area (Å²) < 4.78 is 0. The number of carbonyl (C=O) groups is 2. The van der Waals surface area contributed by atoms with Crippen LogP contribution in [-0.2, 0) is 9.59 Å². The molecule has 0 aliphatic rings. The number of aliphatic carboxylic acids is 1. The summed E-state index contributed by atoms with van der Waals surface area (Å²) in [5.41, 5.74) is -0.502. The Labute approximate surface area is 90.6 Å². The number of amides is 1. The largest absolute Gasteiger partial charge is 0.481 e. The van der Waals surface area contributed by atoms with E-state index in [1.165, 1.54) is 4.90 Å². The van der Waals surface area contributed by atoms with Crippen LogP contribution in [0.2, 0.25) is 0 Å². The Hall–Kier alpha value is -1.32. The van der Waals surface area contributed by atoms with Gasteiger partial charge in [0.15, 0.2) is 0 Å². The van der Waals surface area contributed by atoms with Crippen LogP contribution in [0.5, 0.6) is 0 Å². The van der Waals surface area contributed by atoms with E-state index in [1.807, 2.05) is 0 Å². The third kappa shape index (κ3) is 5.88. The predicted octanol–water partition coefficient (Wildman–Crippen LogP) is 1.52. The van der Waals surface area contributed by atoms with Crippen LogP contribution in [0, 0.1) is 5.41 Å². The van der Waals surface area contributed by atoms with Gasteiger partial charge < -0.3 is 10.0 Å². The summed E-state index contributed by atoms with van der Waals surface area (Å²) in [6.07, 6.45) is 1.88. The molecular weight excluding hydrogens is 194 g/mol. The molecule has 0 unspecified atom stereocenters. The lowest BCUT2D eigenvalue weighted by Gasteiger charge is -2.24. The highest BCUT2D eigenvalue weighted by Crippen LogP contribution is 2.25. The van der Waals surface area contributed by atoms with Crippen LogP contribution >= 0.6 is 0 Å². The molecule has 0 aromatic rings. The maximum atomic E-state index is 11.6. The zero-order valence-electron chi connectivity index (χ0n) is 9.62. The molecule has 0 aliphatic heterocycles. The van der Waals surface area contributed by atoms with Gasteiger partial charge in [-0.1, -0.05) is 19.9 Å². The molecule has 0 saturated carbocycles. The molecule has 1 amide bonds. The highest BCUT2D eigenvalue weighted by atomic mass is 16.4. The molecule has 0 spiro atoms. The molecule has 0 heterocycles. The van der Waals surface area contributed by atoms with Crippen LogP contribution in [0.4, 0.5) is 0 Å². The minimum atomic E-state index is -0.876. The number of likely N-dealkylation sites (N-methyl/N-ethyl adjacent to an activating group) is 1. The first-order valence-electron chi connectivity index (χ1n) is 4.85. The van der Waals surface area contributed by atoms with Gasteiger partial charge in [0.2, 0.25) is 5.91 Å². The van der Waals surface area contributed by atoms with Crippen LogP contribution < -0.4 is 0 Å². The van der Waals surface area contributed by atoms with Gasteiger partial charge in [0.1, 0.15) is 0 Å². The molecule has 15 heavy (non-hydrogen) atoms. The van der Waals surface area contributed by atoms with Gasteiger partial charge in [-0.25, -0.2) is 0 Å². The van der Waals surface area contributed by atoms with E-state index >= 15 is 0 Å². The van der Waals surface area contributed by atoms with E-state index in [0.29, 0.717) is 6.54 Å². The van der Waals surface area contributed by atoms with E-state index in [4.69, 9.17) is 5.11 Å². The van der Waals surface area contributed by atoms with E-state index in [1.54, 1.807) is 27.0 Å². The molecule has 1 N–H and O–H groups in total. The Kier molecular flexibility index (Phi) is 5.05. The standard InChI is InChI=1S/C11H19NO3/c1-5-6-12(4)9(13)7-11(2,3)8-10(14)15/h5H,1,6-8H2,2-4H3,(H,14,15). The van der Waals surface area contributed by atoms with Crippen molar-refractivity contribution in [2.45, 2.75) is 26.7 Å². The van der Waals surface area contributed by atoms with Gasteiger partial charge in [-0.05, 0) is 5.41 Å². The number of hydrogen-bond donors (Lipinski definition) is 1. The summed E-state index contributed by atoms with van der Waals surface area (Å²) >= 11 is 0.